The summed E-state index contributed by atoms with van der Waals surface area (Å²) in [5, 5.41) is 3.10. The number of carbonyl (C=O) groups is 1. The van der Waals surface area contributed by atoms with E-state index < -0.39 is 0 Å². The lowest BCUT2D eigenvalue weighted by Crippen LogP contribution is -2.45. The van der Waals surface area contributed by atoms with Crippen molar-refractivity contribution in [2.75, 3.05) is 6.54 Å². The Kier molecular flexibility index (Phi) is 4.02. The molecular weight excluding hydrogens is 305 g/mol. The fourth-order valence-corrected chi connectivity index (χ4v) is 4.02. The van der Waals surface area contributed by atoms with E-state index in [1.807, 2.05) is 12.4 Å². The highest BCUT2D eigenvalue weighted by molar-refractivity contribution is 5.94. The number of piperidine rings is 1. The maximum atomic E-state index is 13.3. The van der Waals surface area contributed by atoms with Crippen LogP contribution < -0.4 is 5.32 Å². The molecule has 2 aromatic rings. The van der Waals surface area contributed by atoms with Crippen LogP contribution in [0.5, 0.6) is 0 Å². The molecule has 0 radical (unpaired) electrons. The maximum Gasteiger partial charge on any atom is 0.251 e. The largest absolute Gasteiger partial charge is 0.349 e. The van der Waals surface area contributed by atoms with Crippen LogP contribution in [0.2, 0.25) is 0 Å². The second kappa shape index (κ2) is 6.32. The van der Waals surface area contributed by atoms with E-state index in [0.29, 0.717) is 17.5 Å². The van der Waals surface area contributed by atoms with Crippen molar-refractivity contribution in [3.05, 3.63) is 65.7 Å². The number of likely N-dealkylation sites (tertiary alicyclic amines) is 1. The van der Waals surface area contributed by atoms with E-state index in [2.05, 4.69) is 27.3 Å². The van der Waals surface area contributed by atoms with Gasteiger partial charge in [0.25, 0.3) is 5.91 Å². The number of halogens is 1. The third-order valence-corrected chi connectivity index (χ3v) is 5.19. The number of pyridine rings is 1. The summed E-state index contributed by atoms with van der Waals surface area (Å²) in [4.78, 5) is 18.8. The molecule has 1 aliphatic heterocycles. The predicted octanol–water partition coefficient (Wildman–Crippen LogP) is 2.61. The van der Waals surface area contributed by atoms with Gasteiger partial charge < -0.3 is 5.32 Å². The monoisotopic (exact) mass is 325 g/mol. The van der Waals surface area contributed by atoms with Crippen LogP contribution >= 0.6 is 0 Å². The molecule has 2 fully saturated rings. The molecule has 1 aromatic heterocycles. The molecule has 5 heteroatoms. The molecule has 1 saturated carbocycles. The smallest absolute Gasteiger partial charge is 0.251 e. The molecular formula is C19H20FN3O. The highest BCUT2D eigenvalue weighted by Crippen LogP contribution is 2.38. The fraction of sp³-hybridized carbons (Fsp3) is 0.368. The zero-order valence-corrected chi connectivity index (χ0v) is 13.4. The second-order valence-corrected chi connectivity index (χ2v) is 6.76. The van der Waals surface area contributed by atoms with Gasteiger partial charge in [-0.1, -0.05) is 6.07 Å². The van der Waals surface area contributed by atoms with Gasteiger partial charge in [-0.25, -0.2) is 4.39 Å². The zero-order valence-electron chi connectivity index (χ0n) is 13.4. The molecule has 0 unspecified atom stereocenters. The van der Waals surface area contributed by atoms with Crippen LogP contribution in [0.3, 0.4) is 0 Å². The minimum Gasteiger partial charge on any atom is -0.349 e. The standard InChI is InChI=1S/C19H20FN3O/c20-16-3-1-2-14(8-16)19(24)22-18-10-17-9-15(18)12-23(17)11-13-4-6-21-7-5-13/h1-8,15,17-18H,9-12H2,(H,22,24)/t15-,17+,18-/m0/s1. The van der Waals surface area contributed by atoms with Crippen molar-refractivity contribution in [2.24, 2.45) is 5.92 Å². The van der Waals surface area contributed by atoms with E-state index in [1.54, 1.807) is 12.1 Å². The average Bonchev–Trinajstić information content (AvgIpc) is 3.15. The lowest BCUT2D eigenvalue weighted by molar-refractivity contribution is 0.0903. The number of nitrogens with one attached hydrogen (secondary N) is 1. The number of fused-ring (bicyclic) bond motifs is 2. The van der Waals surface area contributed by atoms with E-state index in [9.17, 15) is 9.18 Å². The molecule has 1 saturated heterocycles. The van der Waals surface area contributed by atoms with Crippen molar-refractivity contribution >= 4 is 5.91 Å². The third-order valence-electron chi connectivity index (χ3n) is 5.19. The fourth-order valence-electron chi connectivity index (χ4n) is 4.02. The molecule has 2 aliphatic rings. The average molecular weight is 325 g/mol. The highest BCUT2D eigenvalue weighted by atomic mass is 19.1. The summed E-state index contributed by atoms with van der Waals surface area (Å²) < 4.78 is 13.3. The summed E-state index contributed by atoms with van der Waals surface area (Å²) in [6.07, 6.45) is 5.74. The number of rotatable bonds is 4. The zero-order chi connectivity index (χ0) is 16.5. The summed E-state index contributed by atoms with van der Waals surface area (Å²) >= 11 is 0. The third kappa shape index (κ3) is 3.04. The van der Waals surface area contributed by atoms with Crippen molar-refractivity contribution in [1.82, 2.24) is 15.2 Å². The first-order valence-electron chi connectivity index (χ1n) is 8.38. The Labute approximate surface area is 140 Å². The van der Waals surface area contributed by atoms with Gasteiger partial charge in [0.2, 0.25) is 0 Å². The van der Waals surface area contributed by atoms with Gasteiger partial charge in [0.05, 0.1) is 0 Å². The molecule has 1 amide bonds. The van der Waals surface area contributed by atoms with Crippen molar-refractivity contribution in [3.8, 4) is 0 Å². The molecule has 2 bridgehead atoms. The SMILES string of the molecule is O=C(N[C@H]1C[C@H]2C[C@H]1CN2Cc1ccncc1)c1cccc(F)c1. The predicted molar refractivity (Wildman–Crippen MR) is 88.8 cm³/mol. The van der Waals surface area contributed by atoms with Gasteiger partial charge in [0.15, 0.2) is 0 Å². The van der Waals surface area contributed by atoms with Gasteiger partial charge in [-0.2, -0.15) is 0 Å². The number of hydrogen-bond donors (Lipinski definition) is 1. The van der Waals surface area contributed by atoms with E-state index in [4.69, 9.17) is 0 Å². The molecule has 0 spiro atoms. The van der Waals surface area contributed by atoms with E-state index in [0.717, 1.165) is 25.9 Å². The van der Waals surface area contributed by atoms with Crippen LogP contribution in [0, 0.1) is 11.7 Å². The Morgan fingerprint density at radius 3 is 2.79 bits per heavy atom. The van der Waals surface area contributed by atoms with Crippen LogP contribution in [0.15, 0.2) is 48.8 Å². The summed E-state index contributed by atoms with van der Waals surface area (Å²) in [7, 11) is 0. The minimum absolute atomic E-state index is 0.173. The number of nitrogens with zero attached hydrogens (tertiary/aromatic N) is 2. The normalized spacial score (nSPS) is 25.8. The van der Waals surface area contributed by atoms with Crippen LogP contribution in [0.4, 0.5) is 4.39 Å². The van der Waals surface area contributed by atoms with E-state index >= 15 is 0 Å². The molecule has 1 N–H and O–H groups in total. The first-order valence-corrected chi connectivity index (χ1v) is 8.38. The number of benzene rings is 1. The molecule has 1 aromatic carbocycles. The summed E-state index contributed by atoms with van der Waals surface area (Å²) in [6.45, 7) is 1.94. The highest BCUT2D eigenvalue weighted by Gasteiger charge is 2.44. The van der Waals surface area contributed by atoms with Gasteiger partial charge in [-0.3, -0.25) is 14.7 Å². The maximum absolute atomic E-state index is 13.3. The Hall–Kier alpha value is -2.27. The van der Waals surface area contributed by atoms with Crippen molar-refractivity contribution < 1.29 is 9.18 Å². The first kappa shape index (κ1) is 15.3. The van der Waals surface area contributed by atoms with Crippen molar-refractivity contribution in [2.45, 2.75) is 31.5 Å². The summed E-state index contributed by atoms with van der Waals surface area (Å²) in [6, 6.07) is 10.7. The summed E-state index contributed by atoms with van der Waals surface area (Å²) in [5.41, 5.74) is 1.67. The number of carbonyl (C=O) groups excluding carboxylic acids is 1. The van der Waals surface area contributed by atoms with E-state index in [-0.39, 0.29) is 17.8 Å². The van der Waals surface area contributed by atoms with Crippen LogP contribution in [0.1, 0.15) is 28.8 Å². The van der Waals surface area contributed by atoms with Gasteiger partial charge >= 0.3 is 0 Å². The van der Waals surface area contributed by atoms with Gasteiger partial charge in [-0.05, 0) is 54.7 Å². The van der Waals surface area contributed by atoms with Gasteiger partial charge in [-0.15, -0.1) is 0 Å². The molecule has 3 atom stereocenters. The van der Waals surface area contributed by atoms with Crippen molar-refractivity contribution in [1.29, 1.82) is 0 Å². The Balaban J connectivity index is 1.35. The van der Waals surface area contributed by atoms with Crippen molar-refractivity contribution in [3.63, 3.8) is 0 Å². The number of amides is 1. The molecule has 1 aliphatic carbocycles. The topological polar surface area (TPSA) is 45.2 Å². The molecule has 124 valence electrons. The minimum atomic E-state index is -0.376. The molecule has 24 heavy (non-hydrogen) atoms. The number of aromatic nitrogens is 1. The Morgan fingerprint density at radius 1 is 1.25 bits per heavy atom. The van der Waals surface area contributed by atoms with E-state index in [1.165, 1.54) is 17.7 Å². The lowest BCUT2D eigenvalue weighted by Gasteiger charge is -2.32. The van der Waals surface area contributed by atoms with Gasteiger partial charge in [0, 0.05) is 43.1 Å². The second-order valence-electron chi connectivity index (χ2n) is 6.76. The molecule has 4 rings (SSSR count). The lowest BCUT2D eigenvalue weighted by atomic mass is 10.0. The number of hydrogen-bond acceptors (Lipinski definition) is 3. The Morgan fingerprint density at radius 2 is 2.08 bits per heavy atom. The molecule has 2 heterocycles. The summed E-state index contributed by atoms with van der Waals surface area (Å²) in [5.74, 6) is -0.0683. The van der Waals surface area contributed by atoms with Crippen LogP contribution in [-0.4, -0.2) is 34.4 Å². The quantitative estimate of drug-likeness (QED) is 0.940. The molecule has 4 nitrogen and oxygen atoms in total. The van der Waals surface area contributed by atoms with Crippen LogP contribution in [0.25, 0.3) is 0 Å². The Bertz CT molecular complexity index is 736. The van der Waals surface area contributed by atoms with Crippen LogP contribution in [-0.2, 0) is 6.54 Å². The van der Waals surface area contributed by atoms with Gasteiger partial charge in [0.1, 0.15) is 5.82 Å². The first-order chi connectivity index (χ1) is 11.7.